The van der Waals surface area contributed by atoms with Gasteiger partial charge in [0.15, 0.2) is 17.8 Å². The summed E-state index contributed by atoms with van der Waals surface area (Å²) in [7, 11) is 1.59. The van der Waals surface area contributed by atoms with Crippen molar-refractivity contribution in [1.82, 2.24) is 0 Å². The molecule has 0 aliphatic rings. The summed E-state index contributed by atoms with van der Waals surface area (Å²) in [5.41, 5.74) is 0.438. The van der Waals surface area contributed by atoms with Crippen LogP contribution in [0.5, 0.6) is 17.2 Å². The molecule has 0 saturated carbocycles. The van der Waals surface area contributed by atoms with Crippen molar-refractivity contribution in [2.45, 2.75) is 168 Å². The molecule has 0 aliphatic carbocycles. The third kappa shape index (κ3) is 22.7. The first-order valence-electron chi connectivity index (χ1n) is 19.3. The SMILES string of the molecule is CCCCCCCCCCCCC(CCCCCCCCCC)COCCCCOc1cc(C=O)c(OCCCCO)cc1OC. The van der Waals surface area contributed by atoms with E-state index in [4.69, 9.17) is 24.1 Å². The molecular formula is C40H72O6. The highest BCUT2D eigenvalue weighted by Crippen LogP contribution is 2.34. The zero-order valence-electron chi connectivity index (χ0n) is 30.3. The maximum absolute atomic E-state index is 11.7. The zero-order valence-corrected chi connectivity index (χ0v) is 30.3. The van der Waals surface area contributed by atoms with E-state index in [0.717, 1.165) is 38.8 Å². The number of carbonyl (C=O) groups is 1. The highest BCUT2D eigenvalue weighted by molar-refractivity contribution is 5.81. The molecule has 46 heavy (non-hydrogen) atoms. The smallest absolute Gasteiger partial charge is 0.164 e. The Kier molecular flexibility index (Phi) is 29.2. The van der Waals surface area contributed by atoms with E-state index >= 15 is 0 Å². The van der Waals surface area contributed by atoms with E-state index in [9.17, 15) is 4.79 Å². The second-order valence-electron chi connectivity index (χ2n) is 13.2. The van der Waals surface area contributed by atoms with Crippen LogP contribution in [0.4, 0.5) is 0 Å². The fraction of sp³-hybridized carbons (Fsp3) is 0.825. The van der Waals surface area contributed by atoms with Crippen molar-refractivity contribution in [1.29, 1.82) is 0 Å². The van der Waals surface area contributed by atoms with Gasteiger partial charge in [0.25, 0.3) is 0 Å². The molecule has 268 valence electrons. The van der Waals surface area contributed by atoms with Crippen LogP contribution in [0.25, 0.3) is 0 Å². The Balaban J connectivity index is 2.36. The molecule has 0 aliphatic heterocycles. The van der Waals surface area contributed by atoms with Gasteiger partial charge in [-0.3, -0.25) is 4.79 Å². The number of ether oxygens (including phenoxy) is 4. The molecule has 6 nitrogen and oxygen atoms in total. The molecule has 0 saturated heterocycles. The van der Waals surface area contributed by atoms with Crippen LogP contribution in [-0.2, 0) is 4.74 Å². The Labute approximate surface area is 283 Å². The Morgan fingerprint density at radius 1 is 0.587 bits per heavy atom. The first kappa shape index (κ1) is 42.2. The summed E-state index contributed by atoms with van der Waals surface area (Å²) < 4.78 is 23.4. The van der Waals surface area contributed by atoms with Crippen LogP contribution < -0.4 is 14.2 Å². The normalized spacial score (nSPS) is 11.9. The summed E-state index contributed by atoms with van der Waals surface area (Å²) in [4.78, 5) is 11.7. The predicted molar refractivity (Wildman–Crippen MR) is 193 cm³/mol. The summed E-state index contributed by atoms with van der Waals surface area (Å²) in [5.74, 6) is 2.26. The summed E-state index contributed by atoms with van der Waals surface area (Å²) in [6.07, 6.45) is 31.5. The first-order valence-corrected chi connectivity index (χ1v) is 19.3. The number of hydrogen-bond acceptors (Lipinski definition) is 6. The van der Waals surface area contributed by atoms with Crippen molar-refractivity contribution < 1.29 is 28.8 Å². The topological polar surface area (TPSA) is 74.2 Å². The highest BCUT2D eigenvalue weighted by atomic mass is 16.5. The van der Waals surface area contributed by atoms with Crippen molar-refractivity contribution in [3.63, 3.8) is 0 Å². The van der Waals surface area contributed by atoms with E-state index in [0.29, 0.717) is 48.4 Å². The summed E-state index contributed by atoms with van der Waals surface area (Å²) in [6.45, 7) is 7.31. The van der Waals surface area contributed by atoms with Gasteiger partial charge < -0.3 is 24.1 Å². The number of aliphatic hydroxyl groups is 1. The van der Waals surface area contributed by atoms with Gasteiger partial charge in [0.2, 0.25) is 0 Å². The fourth-order valence-corrected chi connectivity index (χ4v) is 5.98. The van der Waals surface area contributed by atoms with Gasteiger partial charge in [0, 0.05) is 25.9 Å². The number of hydrogen-bond donors (Lipinski definition) is 1. The monoisotopic (exact) mass is 649 g/mol. The summed E-state index contributed by atoms with van der Waals surface area (Å²) >= 11 is 0. The number of benzene rings is 1. The molecule has 1 N–H and O–H groups in total. The number of rotatable bonds is 35. The lowest BCUT2D eigenvalue weighted by atomic mass is 9.94. The molecule has 0 heterocycles. The van der Waals surface area contributed by atoms with E-state index in [-0.39, 0.29) is 6.61 Å². The van der Waals surface area contributed by atoms with E-state index in [1.165, 1.54) is 128 Å². The van der Waals surface area contributed by atoms with Crippen LogP contribution in [0.1, 0.15) is 178 Å². The van der Waals surface area contributed by atoms with Crippen LogP contribution in [0, 0.1) is 5.92 Å². The average molecular weight is 649 g/mol. The van der Waals surface area contributed by atoms with Crippen LogP contribution in [0.15, 0.2) is 12.1 Å². The minimum absolute atomic E-state index is 0.129. The van der Waals surface area contributed by atoms with Gasteiger partial charge in [0.1, 0.15) is 5.75 Å². The number of methoxy groups -OCH3 is 1. The number of aliphatic hydroxyl groups excluding tert-OH is 1. The molecule has 0 spiro atoms. The maximum atomic E-state index is 11.7. The summed E-state index contributed by atoms with van der Waals surface area (Å²) in [5, 5.41) is 8.96. The second kappa shape index (κ2) is 31.8. The number of unbranched alkanes of at least 4 members (excludes halogenated alkanes) is 18. The second-order valence-corrected chi connectivity index (χ2v) is 13.2. The van der Waals surface area contributed by atoms with E-state index in [1.54, 1.807) is 19.2 Å². The molecule has 6 heteroatoms. The molecule has 1 aromatic carbocycles. The quantitative estimate of drug-likeness (QED) is 0.0583. The molecular weight excluding hydrogens is 576 g/mol. The van der Waals surface area contributed by atoms with Crippen molar-refractivity contribution in [3.8, 4) is 17.2 Å². The predicted octanol–water partition coefficient (Wildman–Crippen LogP) is 11.3. The molecule has 1 aromatic rings. The van der Waals surface area contributed by atoms with Crippen molar-refractivity contribution in [2.24, 2.45) is 5.92 Å². The Hall–Kier alpha value is -1.79. The molecule has 0 amide bonds. The van der Waals surface area contributed by atoms with Gasteiger partial charge in [-0.15, -0.1) is 0 Å². The lowest BCUT2D eigenvalue weighted by Crippen LogP contribution is -2.11. The lowest BCUT2D eigenvalue weighted by Gasteiger charge is -2.18. The van der Waals surface area contributed by atoms with E-state index in [2.05, 4.69) is 13.8 Å². The maximum Gasteiger partial charge on any atom is 0.164 e. The van der Waals surface area contributed by atoms with Gasteiger partial charge in [-0.05, 0) is 50.5 Å². The Morgan fingerprint density at radius 2 is 1.07 bits per heavy atom. The average Bonchev–Trinajstić information content (AvgIpc) is 3.07. The molecule has 0 bridgehead atoms. The zero-order chi connectivity index (χ0) is 33.3. The Bertz CT molecular complexity index is 813. The highest BCUT2D eigenvalue weighted by Gasteiger charge is 2.13. The fourth-order valence-electron chi connectivity index (χ4n) is 5.98. The van der Waals surface area contributed by atoms with E-state index < -0.39 is 0 Å². The standard InChI is InChI=1S/C40H72O6/c1-4-6-8-10-12-14-15-17-19-21-27-36(26-20-18-16-13-11-9-7-5-2)35-44-29-24-25-31-46-40-32-37(34-42)38(33-39(40)43-3)45-30-23-22-28-41/h32-34,36,41H,4-31,35H2,1-3H3. The van der Waals surface area contributed by atoms with Gasteiger partial charge >= 0.3 is 0 Å². The van der Waals surface area contributed by atoms with Crippen molar-refractivity contribution in [3.05, 3.63) is 17.7 Å². The summed E-state index contributed by atoms with van der Waals surface area (Å²) in [6, 6.07) is 3.40. The third-order valence-electron chi connectivity index (χ3n) is 8.96. The van der Waals surface area contributed by atoms with Crippen LogP contribution in [0.2, 0.25) is 0 Å². The molecule has 0 radical (unpaired) electrons. The van der Waals surface area contributed by atoms with Gasteiger partial charge in [0.05, 0.1) is 25.9 Å². The molecule has 0 aromatic heterocycles. The van der Waals surface area contributed by atoms with Crippen LogP contribution in [-0.4, -0.2) is 51.5 Å². The minimum Gasteiger partial charge on any atom is -0.493 e. The van der Waals surface area contributed by atoms with Gasteiger partial charge in [-0.2, -0.15) is 0 Å². The number of carbonyl (C=O) groups excluding carboxylic acids is 1. The molecule has 1 atom stereocenters. The third-order valence-corrected chi connectivity index (χ3v) is 8.96. The first-order chi connectivity index (χ1) is 22.7. The van der Waals surface area contributed by atoms with Gasteiger partial charge in [-0.1, -0.05) is 129 Å². The van der Waals surface area contributed by atoms with Gasteiger partial charge in [-0.25, -0.2) is 0 Å². The van der Waals surface area contributed by atoms with E-state index in [1.807, 2.05) is 0 Å². The van der Waals surface area contributed by atoms with Crippen LogP contribution in [0.3, 0.4) is 0 Å². The van der Waals surface area contributed by atoms with Crippen LogP contribution >= 0.6 is 0 Å². The number of aldehydes is 1. The van der Waals surface area contributed by atoms with Crippen molar-refractivity contribution in [2.75, 3.05) is 40.1 Å². The minimum atomic E-state index is 0.129. The lowest BCUT2D eigenvalue weighted by molar-refractivity contribution is 0.0859. The Morgan fingerprint density at radius 3 is 1.57 bits per heavy atom. The largest absolute Gasteiger partial charge is 0.493 e. The molecule has 0 fully saturated rings. The van der Waals surface area contributed by atoms with Crippen molar-refractivity contribution >= 4 is 6.29 Å². The molecule has 1 rings (SSSR count). The molecule has 1 unspecified atom stereocenters.